The molecule has 0 spiro atoms. The van der Waals surface area contributed by atoms with Gasteiger partial charge >= 0.3 is 127 Å². The van der Waals surface area contributed by atoms with Crippen LogP contribution in [0.3, 0.4) is 0 Å². The monoisotopic (exact) mass is 436 g/mol. The number of carboxylic acids is 1. The molecule has 0 aliphatic rings. The van der Waals surface area contributed by atoms with Gasteiger partial charge in [-0.25, -0.2) is 0 Å². The second kappa shape index (κ2) is 10.3. The molecule has 0 fully saturated rings. The van der Waals surface area contributed by atoms with Crippen LogP contribution in [0, 0.1) is 11.3 Å². The van der Waals surface area contributed by atoms with Crippen LogP contribution in [0.2, 0.25) is 0 Å². The van der Waals surface area contributed by atoms with Gasteiger partial charge in [0.15, 0.2) is 0 Å². The normalized spacial score (nSPS) is 9.60. The number of nitriles is 1. The number of benzene rings is 3. The molecule has 4 heteroatoms. The van der Waals surface area contributed by atoms with E-state index in [1.165, 1.54) is 16.8 Å². The minimum atomic E-state index is -1.98. The quantitative estimate of drug-likeness (QED) is 0.640. The summed E-state index contributed by atoms with van der Waals surface area (Å²) in [6, 6.07) is 34.4. The van der Waals surface area contributed by atoms with E-state index in [1.807, 2.05) is 0 Å². The van der Waals surface area contributed by atoms with Gasteiger partial charge in [-0.05, 0) is 0 Å². The summed E-state index contributed by atoms with van der Waals surface area (Å²) < 4.78 is 4.59. The summed E-state index contributed by atoms with van der Waals surface area (Å²) in [5.74, 6) is -1.07. The fourth-order valence-electron chi connectivity index (χ4n) is 2.38. The van der Waals surface area contributed by atoms with Gasteiger partial charge in [0.1, 0.15) is 6.42 Å². The zero-order valence-electron chi connectivity index (χ0n) is 13.7. The van der Waals surface area contributed by atoms with E-state index in [0.29, 0.717) is 0 Å². The molecule has 0 saturated carbocycles. The molecule has 0 amide bonds. The van der Waals surface area contributed by atoms with Crippen molar-refractivity contribution < 1.29 is 9.90 Å². The predicted octanol–water partition coefficient (Wildman–Crippen LogP) is 2.19. The standard InChI is InChI=1S/3C6H5.C3H3NO2.Sn/c3*1-2-4-6-5-3-1;4-2-1-3(5)6;/h3*1-5H;1H2,(H,5,6);. The third-order valence-corrected chi connectivity index (χ3v) is 11.2. The van der Waals surface area contributed by atoms with Crippen LogP contribution >= 0.6 is 0 Å². The molecule has 0 bridgehead atoms. The van der Waals surface area contributed by atoms with Crippen LogP contribution < -0.4 is 10.7 Å². The Morgan fingerprint density at radius 3 is 1.28 bits per heavy atom. The molecule has 0 atom stereocenters. The molecule has 0 unspecified atom stereocenters. The van der Waals surface area contributed by atoms with Gasteiger partial charge in [-0.1, -0.05) is 0 Å². The Balaban J connectivity index is 0.000000326. The van der Waals surface area contributed by atoms with Crippen molar-refractivity contribution in [1.82, 2.24) is 0 Å². The number of nitrogens with zero attached hydrogens (tertiary/aromatic N) is 1. The van der Waals surface area contributed by atoms with Gasteiger partial charge in [0.05, 0.1) is 6.07 Å². The number of carbonyl (C=O) groups is 1. The molecule has 1 N–H and O–H groups in total. The molecule has 0 aliphatic heterocycles. The Labute approximate surface area is 154 Å². The summed E-state index contributed by atoms with van der Waals surface area (Å²) in [4.78, 5) is 9.38. The van der Waals surface area contributed by atoms with Crippen LogP contribution in [0.1, 0.15) is 6.42 Å². The molecule has 123 valence electrons. The average molecular weight is 435 g/mol. The van der Waals surface area contributed by atoms with Crippen molar-refractivity contribution in [1.29, 1.82) is 5.26 Å². The number of rotatable bonds is 4. The molecular formula is C21H18NO2Sn. The predicted molar refractivity (Wildman–Crippen MR) is 102 cm³/mol. The Kier molecular flexibility index (Phi) is 7.74. The van der Waals surface area contributed by atoms with Crippen LogP contribution in [0.5, 0.6) is 0 Å². The Morgan fingerprint density at radius 2 is 1.08 bits per heavy atom. The first kappa shape index (κ1) is 18.8. The van der Waals surface area contributed by atoms with Crippen molar-refractivity contribution in [3.63, 3.8) is 0 Å². The van der Waals surface area contributed by atoms with E-state index in [4.69, 9.17) is 10.4 Å². The maximum atomic E-state index is 9.38. The Hall–Kier alpha value is -2.58. The molecule has 3 aromatic rings. The summed E-state index contributed by atoms with van der Waals surface area (Å²) in [6.45, 7) is 0. The summed E-state index contributed by atoms with van der Waals surface area (Å²) >= 11 is -1.98. The molecule has 0 aromatic heterocycles. The number of carboxylic acid groups (broad SMARTS) is 1. The molecule has 1 radical (unpaired) electrons. The molecule has 3 aromatic carbocycles. The molecule has 3 rings (SSSR count). The van der Waals surface area contributed by atoms with Crippen LogP contribution in [0.25, 0.3) is 0 Å². The van der Waals surface area contributed by atoms with Crippen molar-refractivity contribution in [3.8, 4) is 6.07 Å². The van der Waals surface area contributed by atoms with Gasteiger partial charge in [-0.15, -0.1) is 0 Å². The van der Waals surface area contributed by atoms with Gasteiger partial charge in [-0.3, -0.25) is 4.79 Å². The fourth-order valence-corrected chi connectivity index (χ4v) is 9.74. The van der Waals surface area contributed by atoms with Gasteiger partial charge in [-0.2, -0.15) is 5.26 Å². The minimum absolute atomic E-state index is 0.403. The van der Waals surface area contributed by atoms with Gasteiger partial charge in [0.2, 0.25) is 0 Å². The zero-order valence-corrected chi connectivity index (χ0v) is 16.5. The fraction of sp³-hybridized carbons (Fsp3) is 0.0476. The summed E-state index contributed by atoms with van der Waals surface area (Å²) in [5.41, 5.74) is 0. The van der Waals surface area contributed by atoms with E-state index in [2.05, 4.69) is 91.0 Å². The van der Waals surface area contributed by atoms with Gasteiger partial charge in [0, 0.05) is 0 Å². The number of hydrogen-bond acceptors (Lipinski definition) is 2. The summed E-state index contributed by atoms with van der Waals surface area (Å²) in [6.07, 6.45) is -0.403. The van der Waals surface area contributed by atoms with E-state index in [-0.39, 0.29) is 0 Å². The van der Waals surface area contributed by atoms with Crippen molar-refractivity contribution in [2.24, 2.45) is 0 Å². The van der Waals surface area contributed by atoms with E-state index >= 15 is 0 Å². The van der Waals surface area contributed by atoms with Crippen molar-refractivity contribution >= 4 is 36.5 Å². The Morgan fingerprint density at radius 1 is 0.760 bits per heavy atom. The first-order valence-electron chi connectivity index (χ1n) is 7.84. The summed E-state index contributed by atoms with van der Waals surface area (Å²) in [7, 11) is 0. The van der Waals surface area contributed by atoms with Gasteiger partial charge in [0.25, 0.3) is 0 Å². The van der Waals surface area contributed by atoms with Gasteiger partial charge < -0.3 is 5.11 Å². The second-order valence-corrected chi connectivity index (χ2v) is 12.3. The SMILES string of the molecule is N#CCC(=O)O.c1cc[c]([Sn]([c]2ccccc2)[c]2ccccc2)cc1. The van der Waals surface area contributed by atoms with E-state index in [1.54, 1.807) is 0 Å². The van der Waals surface area contributed by atoms with E-state index in [0.717, 1.165) is 0 Å². The molecule has 3 nitrogen and oxygen atoms in total. The molecular weight excluding hydrogens is 417 g/mol. The summed E-state index contributed by atoms with van der Waals surface area (Å²) in [5, 5.41) is 15.3. The number of hydrogen-bond donors (Lipinski definition) is 1. The van der Waals surface area contributed by atoms with Crippen LogP contribution in [-0.4, -0.2) is 30.8 Å². The van der Waals surface area contributed by atoms with E-state index in [9.17, 15) is 4.79 Å². The second-order valence-electron chi connectivity index (χ2n) is 5.20. The van der Waals surface area contributed by atoms with Crippen molar-refractivity contribution in [3.05, 3.63) is 91.0 Å². The molecule has 0 saturated heterocycles. The van der Waals surface area contributed by atoms with Crippen LogP contribution in [0.15, 0.2) is 91.0 Å². The average Bonchev–Trinajstić information content (AvgIpc) is 2.65. The maximum absolute atomic E-state index is 9.38. The molecule has 0 aliphatic carbocycles. The van der Waals surface area contributed by atoms with Crippen LogP contribution in [0.4, 0.5) is 0 Å². The first-order chi connectivity index (χ1) is 12.2. The third kappa shape index (κ3) is 6.09. The first-order valence-corrected chi connectivity index (χ1v) is 12.1. The molecule has 0 heterocycles. The van der Waals surface area contributed by atoms with Crippen molar-refractivity contribution in [2.75, 3.05) is 0 Å². The van der Waals surface area contributed by atoms with Crippen LogP contribution in [-0.2, 0) is 4.79 Å². The topological polar surface area (TPSA) is 61.1 Å². The molecule has 25 heavy (non-hydrogen) atoms. The third-order valence-electron chi connectivity index (χ3n) is 3.42. The van der Waals surface area contributed by atoms with Crippen molar-refractivity contribution in [2.45, 2.75) is 6.42 Å². The number of aliphatic carboxylic acids is 1. The van der Waals surface area contributed by atoms with E-state index < -0.39 is 32.1 Å². The Bertz CT molecular complexity index is 721. The zero-order chi connectivity index (χ0) is 17.9.